The van der Waals surface area contributed by atoms with Crippen molar-refractivity contribution >= 4 is 73.8 Å². The summed E-state index contributed by atoms with van der Waals surface area (Å²) >= 11 is 25.2. The summed E-state index contributed by atoms with van der Waals surface area (Å²) in [6, 6.07) is 0. The molecule has 2 nitrogen and oxygen atoms in total. The molecule has 1 heterocycles. The van der Waals surface area contributed by atoms with Crippen LogP contribution in [0.25, 0.3) is 10.1 Å². The summed E-state index contributed by atoms with van der Waals surface area (Å²) in [5, 5.41) is 4.92. The monoisotopic (exact) mass is 300 g/mol. The van der Waals surface area contributed by atoms with Gasteiger partial charge in [-0.05, 0) is 11.5 Å². The normalized spacial score (nSPS) is 11.0. The zero-order valence-electron chi connectivity index (χ0n) is 7.37. The number of nitrogens with one attached hydrogen (secondary N) is 1. The maximum atomic E-state index is 6.08. The van der Waals surface area contributed by atoms with Gasteiger partial charge in [0.25, 0.3) is 0 Å². The Morgan fingerprint density at radius 2 is 1.60 bits per heavy atom. The summed E-state index contributed by atoms with van der Waals surface area (Å²) in [7, 11) is 1.75. The van der Waals surface area contributed by atoms with E-state index in [1.54, 1.807) is 7.05 Å². The van der Waals surface area contributed by atoms with Gasteiger partial charge in [-0.25, -0.2) is 0 Å². The summed E-state index contributed by atoms with van der Waals surface area (Å²) in [6.45, 7) is 0. The van der Waals surface area contributed by atoms with Crippen LogP contribution in [0.4, 0.5) is 5.82 Å². The molecule has 1 aromatic heterocycles. The molecule has 1 aromatic carbocycles. The Kier molecular flexibility index (Phi) is 3.20. The first-order valence-electron chi connectivity index (χ1n) is 3.87. The molecule has 0 saturated heterocycles. The first kappa shape index (κ1) is 11.6. The zero-order valence-corrected chi connectivity index (χ0v) is 11.2. The highest BCUT2D eigenvalue weighted by molar-refractivity contribution is 7.14. The van der Waals surface area contributed by atoms with Gasteiger partial charge in [-0.3, -0.25) is 0 Å². The molecule has 7 heteroatoms. The quantitative estimate of drug-likeness (QED) is 0.595. The number of nitrogens with zero attached hydrogens (tertiary/aromatic N) is 1. The third-order valence-corrected chi connectivity index (χ3v) is 4.70. The lowest BCUT2D eigenvalue weighted by Gasteiger charge is -2.04. The number of rotatable bonds is 1. The topological polar surface area (TPSA) is 24.9 Å². The largest absolute Gasteiger partial charge is 0.372 e. The van der Waals surface area contributed by atoms with Gasteiger partial charge in [-0.15, -0.1) is 0 Å². The van der Waals surface area contributed by atoms with Crippen molar-refractivity contribution in [2.45, 2.75) is 0 Å². The minimum atomic E-state index is 0.257. The highest BCUT2D eigenvalue weighted by Gasteiger charge is 2.19. The van der Waals surface area contributed by atoms with Crippen molar-refractivity contribution in [3.63, 3.8) is 0 Å². The van der Waals surface area contributed by atoms with Crippen LogP contribution >= 0.6 is 57.9 Å². The van der Waals surface area contributed by atoms with E-state index in [2.05, 4.69) is 9.69 Å². The predicted molar refractivity (Wildman–Crippen MR) is 69.2 cm³/mol. The third kappa shape index (κ3) is 1.67. The van der Waals surface area contributed by atoms with Crippen molar-refractivity contribution in [3.8, 4) is 0 Å². The van der Waals surface area contributed by atoms with Crippen molar-refractivity contribution < 1.29 is 0 Å². The second-order valence-electron chi connectivity index (χ2n) is 2.74. The van der Waals surface area contributed by atoms with E-state index >= 15 is 0 Å². The summed E-state index contributed by atoms with van der Waals surface area (Å²) in [5.74, 6) is 0.653. The standard InChI is InChI=1S/C8H4Cl4N2S/c1-13-8-2-3(9)4(10)5(11)6(12)7(2)15-14-8/h1H3,(H,13,14). The third-order valence-electron chi connectivity index (χ3n) is 1.93. The number of fused-ring (bicyclic) bond motifs is 1. The first-order chi connectivity index (χ1) is 7.07. The maximum Gasteiger partial charge on any atom is 0.148 e. The summed E-state index contributed by atoms with van der Waals surface area (Å²) in [4.78, 5) is 0. The van der Waals surface area contributed by atoms with Gasteiger partial charge in [0.05, 0.1) is 30.2 Å². The molecule has 0 atom stereocenters. The molecule has 0 bridgehead atoms. The van der Waals surface area contributed by atoms with Crippen molar-refractivity contribution in [2.24, 2.45) is 0 Å². The lowest BCUT2D eigenvalue weighted by molar-refractivity contribution is 1.45. The summed E-state index contributed by atoms with van der Waals surface area (Å²) < 4.78 is 4.90. The molecule has 0 saturated carbocycles. The van der Waals surface area contributed by atoms with E-state index < -0.39 is 0 Å². The Balaban J connectivity index is 2.97. The molecule has 0 spiro atoms. The molecule has 0 unspecified atom stereocenters. The van der Waals surface area contributed by atoms with Crippen LogP contribution in [0.2, 0.25) is 20.1 Å². The fourth-order valence-electron chi connectivity index (χ4n) is 1.22. The number of benzene rings is 1. The van der Waals surface area contributed by atoms with Crippen LogP contribution in [-0.4, -0.2) is 11.4 Å². The average Bonchev–Trinajstić information content (AvgIpc) is 2.67. The maximum absolute atomic E-state index is 6.08. The molecular weight excluding hydrogens is 298 g/mol. The highest BCUT2D eigenvalue weighted by Crippen LogP contribution is 2.46. The molecule has 2 aromatic rings. The molecule has 80 valence electrons. The van der Waals surface area contributed by atoms with Gasteiger partial charge in [-0.2, -0.15) is 4.37 Å². The van der Waals surface area contributed by atoms with Crippen LogP contribution in [0, 0.1) is 0 Å². The van der Waals surface area contributed by atoms with Crippen LogP contribution in [0.1, 0.15) is 0 Å². The van der Waals surface area contributed by atoms with Gasteiger partial charge in [0.15, 0.2) is 0 Å². The highest BCUT2D eigenvalue weighted by atomic mass is 35.5. The minimum Gasteiger partial charge on any atom is -0.372 e. The summed E-state index contributed by atoms with van der Waals surface area (Å²) in [5.41, 5.74) is 0. The van der Waals surface area contributed by atoms with Gasteiger partial charge in [0.1, 0.15) is 5.82 Å². The number of halogens is 4. The molecule has 0 aliphatic heterocycles. The van der Waals surface area contributed by atoms with E-state index in [0.717, 1.165) is 4.70 Å². The van der Waals surface area contributed by atoms with Crippen molar-refractivity contribution in [2.75, 3.05) is 12.4 Å². The molecule has 2 rings (SSSR count). The molecule has 0 fully saturated rings. The first-order valence-corrected chi connectivity index (χ1v) is 6.15. The average molecular weight is 302 g/mol. The molecule has 0 aliphatic rings. The lowest BCUT2D eigenvalue weighted by Crippen LogP contribution is -1.88. The molecule has 1 N–H and O–H groups in total. The van der Waals surface area contributed by atoms with E-state index in [4.69, 9.17) is 46.4 Å². The number of anilines is 1. The summed E-state index contributed by atoms with van der Waals surface area (Å²) in [6.07, 6.45) is 0. The second kappa shape index (κ2) is 4.15. The van der Waals surface area contributed by atoms with Gasteiger partial charge >= 0.3 is 0 Å². The molecule has 0 radical (unpaired) electrons. The smallest absolute Gasteiger partial charge is 0.148 e. The fraction of sp³-hybridized carbons (Fsp3) is 0.125. The fourth-order valence-corrected chi connectivity index (χ4v) is 3.21. The van der Waals surface area contributed by atoms with Crippen LogP contribution < -0.4 is 5.32 Å². The Bertz CT molecular complexity index is 537. The van der Waals surface area contributed by atoms with E-state index in [0.29, 0.717) is 21.2 Å². The van der Waals surface area contributed by atoms with Gasteiger partial charge in [0.2, 0.25) is 0 Å². The van der Waals surface area contributed by atoms with Crippen LogP contribution in [0.3, 0.4) is 0 Å². The van der Waals surface area contributed by atoms with E-state index in [-0.39, 0.29) is 10.0 Å². The van der Waals surface area contributed by atoms with E-state index in [1.165, 1.54) is 11.5 Å². The van der Waals surface area contributed by atoms with Gasteiger partial charge < -0.3 is 5.32 Å². The van der Waals surface area contributed by atoms with Crippen LogP contribution in [0.15, 0.2) is 0 Å². The Morgan fingerprint density at radius 1 is 1.00 bits per heavy atom. The van der Waals surface area contributed by atoms with Crippen LogP contribution in [0.5, 0.6) is 0 Å². The molecule has 15 heavy (non-hydrogen) atoms. The molecule has 0 aliphatic carbocycles. The zero-order chi connectivity index (χ0) is 11.2. The Labute approximate surface area is 110 Å². The second-order valence-corrected chi connectivity index (χ2v) is 5.03. The van der Waals surface area contributed by atoms with Crippen molar-refractivity contribution in [1.82, 2.24) is 4.37 Å². The Hall–Kier alpha value is 0.0700. The van der Waals surface area contributed by atoms with Crippen LogP contribution in [-0.2, 0) is 0 Å². The number of hydrogen-bond donors (Lipinski definition) is 1. The Morgan fingerprint density at radius 3 is 2.20 bits per heavy atom. The SMILES string of the molecule is CNc1nsc2c(Cl)c(Cl)c(Cl)c(Cl)c12. The minimum absolute atomic E-state index is 0.257. The molecular formula is C8H4Cl4N2S. The van der Waals surface area contributed by atoms with Gasteiger partial charge in [-0.1, -0.05) is 46.4 Å². The predicted octanol–water partition coefficient (Wildman–Crippen LogP) is 4.95. The van der Waals surface area contributed by atoms with Gasteiger partial charge in [0, 0.05) is 7.05 Å². The van der Waals surface area contributed by atoms with E-state index in [9.17, 15) is 0 Å². The van der Waals surface area contributed by atoms with Crippen molar-refractivity contribution in [3.05, 3.63) is 20.1 Å². The van der Waals surface area contributed by atoms with E-state index in [1.807, 2.05) is 0 Å². The number of hydrogen-bond acceptors (Lipinski definition) is 3. The molecule has 0 amide bonds. The lowest BCUT2D eigenvalue weighted by atomic mass is 10.2. The number of aromatic nitrogens is 1. The van der Waals surface area contributed by atoms with Crippen molar-refractivity contribution in [1.29, 1.82) is 0 Å².